The fourth-order valence-corrected chi connectivity index (χ4v) is 9.56. The summed E-state index contributed by atoms with van der Waals surface area (Å²) in [5.74, 6) is -3.36. The van der Waals surface area contributed by atoms with Crippen molar-refractivity contribution in [3.05, 3.63) is 257 Å². The largest absolute Gasteiger partial charge is 0.477 e. The van der Waals surface area contributed by atoms with E-state index < -0.39 is 24.1 Å². The summed E-state index contributed by atoms with van der Waals surface area (Å²) in [5.41, 5.74) is 22.9. The highest BCUT2D eigenvalue weighted by molar-refractivity contribution is 6.38. The van der Waals surface area contributed by atoms with Crippen LogP contribution in [0.5, 0.6) is 0 Å². The number of nitrogens with zero attached hydrogens (tertiary/aromatic N) is 10. The van der Waals surface area contributed by atoms with E-state index in [2.05, 4.69) is 65.9 Å². The zero-order valence-corrected chi connectivity index (χ0v) is 54.1. The Kier molecular flexibility index (Phi) is 25.8. The molecule has 0 aliphatic rings. The zero-order valence-electron chi connectivity index (χ0n) is 54.1. The van der Waals surface area contributed by atoms with Crippen molar-refractivity contribution in [3.63, 3.8) is 0 Å². The first-order valence-electron chi connectivity index (χ1n) is 30.2. The van der Waals surface area contributed by atoms with Gasteiger partial charge in [0.2, 0.25) is 5.78 Å². The molecule has 480 valence electrons. The quantitative estimate of drug-likeness (QED) is 0.0350. The normalized spacial score (nSPS) is 10.4. The van der Waals surface area contributed by atoms with Crippen molar-refractivity contribution in [1.29, 1.82) is 0 Å². The lowest BCUT2D eigenvalue weighted by atomic mass is 10.0. The number of Topliss-reactive ketones (excluding diaryl/α,β-unsaturated/α-hetero) is 3. The van der Waals surface area contributed by atoms with Gasteiger partial charge in [0, 0.05) is 104 Å². The number of ketones is 3. The molecule has 0 fully saturated rings. The van der Waals surface area contributed by atoms with Crippen LogP contribution in [0.2, 0.25) is 0 Å². The third kappa shape index (κ3) is 20.0. The Bertz CT molecular complexity index is 4360. The molecule has 7 heterocycles. The number of ether oxygens (including phenoxy) is 2. The molecular weight excluding hydrogens is 1190 g/mol. The van der Waals surface area contributed by atoms with Gasteiger partial charge in [-0.1, -0.05) is 133 Å². The van der Waals surface area contributed by atoms with Crippen molar-refractivity contribution in [1.82, 2.24) is 49.3 Å². The lowest BCUT2D eigenvalue weighted by Gasteiger charge is -2.08. The minimum absolute atomic E-state index is 0.0821. The van der Waals surface area contributed by atoms with Crippen LogP contribution in [-0.2, 0) is 53.2 Å². The summed E-state index contributed by atoms with van der Waals surface area (Å²) in [6.07, 6.45) is 7.93. The van der Waals surface area contributed by atoms with Gasteiger partial charge in [-0.2, -0.15) is 15.3 Å². The van der Waals surface area contributed by atoms with E-state index in [1.54, 1.807) is 86.0 Å². The molecular formula is C74H75N11O9. The van der Waals surface area contributed by atoms with E-state index in [1.807, 2.05) is 161 Å². The smallest absolute Gasteiger partial charge is 0.375 e. The summed E-state index contributed by atoms with van der Waals surface area (Å²) < 4.78 is 14.0. The van der Waals surface area contributed by atoms with Gasteiger partial charge < -0.3 is 20.3 Å². The molecule has 20 nitrogen and oxygen atoms in total. The molecule has 3 N–H and O–H groups in total. The summed E-state index contributed by atoms with van der Waals surface area (Å²) in [6, 6.07) is 54.9. The number of hydrogen-bond donors (Lipinski definition) is 2. The van der Waals surface area contributed by atoms with Gasteiger partial charge in [0.25, 0.3) is 0 Å². The van der Waals surface area contributed by atoms with Gasteiger partial charge in [-0.25, -0.2) is 14.4 Å². The van der Waals surface area contributed by atoms with Gasteiger partial charge in [-0.3, -0.25) is 48.4 Å². The van der Waals surface area contributed by atoms with Crippen LogP contribution in [0.3, 0.4) is 0 Å². The first-order valence-corrected chi connectivity index (χ1v) is 30.2. The number of aromatic nitrogens is 10. The Morgan fingerprint density at radius 3 is 1.31 bits per heavy atom. The Morgan fingerprint density at radius 1 is 0.468 bits per heavy atom. The maximum absolute atomic E-state index is 12.8. The van der Waals surface area contributed by atoms with E-state index in [-0.39, 0.29) is 29.8 Å². The topological polar surface area (TPSA) is 272 Å². The maximum atomic E-state index is 12.8. The molecule has 0 saturated heterocycles. The molecule has 0 bridgehead atoms. The number of aromatic carboxylic acids is 1. The van der Waals surface area contributed by atoms with Gasteiger partial charge in [0.1, 0.15) is 17.1 Å². The monoisotopic (exact) mass is 1260 g/mol. The molecule has 0 saturated carbocycles. The predicted octanol–water partition coefficient (Wildman–Crippen LogP) is 12.6. The summed E-state index contributed by atoms with van der Waals surface area (Å²) >= 11 is 0. The second-order valence-electron chi connectivity index (χ2n) is 21.4. The molecule has 4 aromatic carbocycles. The fraction of sp³-hybridized carbons (Fsp3) is 0.203. The number of carboxylic acids is 1. The molecule has 7 aromatic heterocycles. The number of hydrogen-bond acceptors (Lipinski definition) is 16. The molecule has 0 unspecified atom stereocenters. The number of carbonyl (C=O) groups is 6. The molecule has 0 spiro atoms. The Morgan fingerprint density at radius 2 is 0.883 bits per heavy atom. The standard InChI is InChI=1S/C25H24N4O.C13H15N3.C13H14N2O2.C12H12O4.C11H10N2O2/c1-17-13-19(16-27-25(17)21-11-12-26-18(2)14-21)9-10-24(30)23-15-22(28-29(23)3)20-7-5-4-6-8-20;1-9-5-11(7-14)8-16-13(9)12-3-4-15-10(2)6-12;1-3-17-13(16)12-9-11(14-15(12)2)10-7-5-4-6-8-10;1-2-16-12(15)11(14)8-10(13)9-6-4-3-5-7-9;1-13-10(11(14)15)7-9(12-13)8-5-3-2-4-6-8/h4-8,11-16H,9-10H2,1-3H3;3-6,8H,7,14H2,1-2H3;4-9H,3H2,1-2H3;3-7H,2,8H2,1H3;2-7H,1H3,(H,14,15). The molecule has 0 aliphatic heterocycles. The van der Waals surface area contributed by atoms with Crippen LogP contribution in [0, 0.1) is 27.7 Å². The Balaban J connectivity index is 0.000000172. The van der Waals surface area contributed by atoms with Crippen molar-refractivity contribution >= 4 is 35.3 Å². The van der Waals surface area contributed by atoms with Gasteiger partial charge in [-0.05, 0) is 113 Å². The second-order valence-corrected chi connectivity index (χ2v) is 21.4. The third-order valence-corrected chi connectivity index (χ3v) is 14.2. The van der Waals surface area contributed by atoms with Crippen LogP contribution < -0.4 is 5.73 Å². The number of rotatable bonds is 18. The van der Waals surface area contributed by atoms with Crippen LogP contribution in [0.15, 0.2) is 201 Å². The van der Waals surface area contributed by atoms with Crippen molar-refractivity contribution in [2.24, 2.45) is 26.9 Å². The fourth-order valence-electron chi connectivity index (χ4n) is 9.56. The van der Waals surface area contributed by atoms with Crippen LogP contribution in [-0.4, -0.2) is 103 Å². The number of esters is 2. The molecule has 11 rings (SSSR count). The third-order valence-electron chi connectivity index (χ3n) is 14.2. The number of pyridine rings is 4. The number of nitrogens with two attached hydrogens (primary N) is 1. The molecule has 20 heteroatoms. The molecule has 11 aromatic rings. The van der Waals surface area contributed by atoms with E-state index in [0.717, 1.165) is 84.2 Å². The first-order chi connectivity index (χ1) is 45.3. The maximum Gasteiger partial charge on any atom is 0.375 e. The highest BCUT2D eigenvalue weighted by Gasteiger charge is 2.21. The van der Waals surface area contributed by atoms with Gasteiger partial charge in [-0.15, -0.1) is 0 Å². The van der Waals surface area contributed by atoms with Crippen molar-refractivity contribution in [2.45, 2.75) is 67.3 Å². The second kappa shape index (κ2) is 34.6. The molecule has 94 heavy (non-hydrogen) atoms. The van der Waals surface area contributed by atoms with E-state index in [1.165, 1.54) is 4.68 Å². The summed E-state index contributed by atoms with van der Waals surface area (Å²) in [7, 11) is 5.17. The Hall–Kier alpha value is -11.5. The van der Waals surface area contributed by atoms with Gasteiger partial charge in [0.15, 0.2) is 11.6 Å². The van der Waals surface area contributed by atoms with E-state index in [9.17, 15) is 28.8 Å². The van der Waals surface area contributed by atoms with E-state index in [4.69, 9.17) is 15.6 Å². The lowest BCUT2D eigenvalue weighted by molar-refractivity contribution is -0.153. The average molecular weight is 1260 g/mol. The molecule has 0 amide bonds. The summed E-state index contributed by atoms with van der Waals surface area (Å²) in [5, 5.41) is 21.8. The minimum Gasteiger partial charge on any atom is -0.477 e. The molecule has 0 radical (unpaired) electrons. The van der Waals surface area contributed by atoms with Gasteiger partial charge >= 0.3 is 17.9 Å². The highest BCUT2D eigenvalue weighted by Crippen LogP contribution is 2.26. The van der Waals surface area contributed by atoms with Crippen molar-refractivity contribution in [3.8, 4) is 56.3 Å². The lowest BCUT2D eigenvalue weighted by Crippen LogP contribution is -2.20. The number of carbonyl (C=O) groups excluding carboxylic acids is 5. The summed E-state index contributed by atoms with van der Waals surface area (Å²) in [6.45, 7) is 12.5. The highest BCUT2D eigenvalue weighted by atomic mass is 16.5. The van der Waals surface area contributed by atoms with E-state index in [0.29, 0.717) is 48.6 Å². The van der Waals surface area contributed by atoms with Crippen LogP contribution >= 0.6 is 0 Å². The van der Waals surface area contributed by atoms with Gasteiger partial charge in [0.05, 0.1) is 48.1 Å². The first kappa shape index (κ1) is 70.0. The number of carboxylic acid groups (broad SMARTS) is 1. The summed E-state index contributed by atoms with van der Waals surface area (Å²) in [4.78, 5) is 86.5. The SMILES string of the molecule is CCOC(=O)C(=O)CC(=O)c1ccccc1.CCOC(=O)c1cc(-c2ccccc2)nn1C.Cc1cc(-c2ncc(CCC(=O)c3cc(-c4ccccc4)nn3C)cc2C)ccn1.Cc1cc(-c2ncc(CN)cc2C)ccn1.Cn1nc(-c2ccccc2)cc1C(=O)O. The number of aryl methyl sites for hydroxylation is 8. The van der Waals surface area contributed by atoms with Crippen LogP contribution in [0.25, 0.3) is 56.3 Å². The van der Waals surface area contributed by atoms with Crippen LogP contribution in [0.1, 0.15) is 102 Å². The Labute approximate surface area is 546 Å². The van der Waals surface area contributed by atoms with Crippen molar-refractivity contribution in [2.75, 3.05) is 13.2 Å². The molecule has 0 atom stereocenters. The molecule has 0 aliphatic carbocycles. The van der Waals surface area contributed by atoms with E-state index >= 15 is 0 Å². The average Bonchev–Trinajstić information content (AvgIpc) is 1.52. The van der Waals surface area contributed by atoms with Crippen LogP contribution in [0.4, 0.5) is 0 Å². The predicted molar refractivity (Wildman–Crippen MR) is 360 cm³/mol. The number of benzene rings is 4. The minimum atomic E-state index is -0.966. The van der Waals surface area contributed by atoms with Crippen molar-refractivity contribution < 1.29 is 43.3 Å². The zero-order chi connectivity index (χ0) is 67.7.